The average Bonchev–Trinajstić information content (AvgIpc) is 3.09. The lowest BCUT2D eigenvalue weighted by Crippen LogP contribution is -2.35. The summed E-state index contributed by atoms with van der Waals surface area (Å²) in [5.41, 5.74) is 1.25. The average molecular weight is 376 g/mol. The molecule has 8 nitrogen and oxygen atoms in total. The molecule has 26 heavy (non-hydrogen) atoms. The minimum Gasteiger partial charge on any atom is -0.415 e. The number of ketones is 1. The van der Waals surface area contributed by atoms with Crippen LogP contribution in [-0.4, -0.2) is 58.8 Å². The van der Waals surface area contributed by atoms with Crippen LogP contribution in [0.1, 0.15) is 23.2 Å². The predicted octanol–water partition coefficient (Wildman–Crippen LogP) is 1.84. The number of anilines is 1. The van der Waals surface area contributed by atoms with Crippen molar-refractivity contribution in [2.75, 3.05) is 37.4 Å². The van der Waals surface area contributed by atoms with Crippen LogP contribution < -0.4 is 5.32 Å². The van der Waals surface area contributed by atoms with E-state index < -0.39 is 0 Å². The Morgan fingerprint density at radius 2 is 1.92 bits per heavy atom. The van der Waals surface area contributed by atoms with Crippen molar-refractivity contribution in [3.05, 3.63) is 35.7 Å². The topological polar surface area (TPSA) is 97.6 Å². The van der Waals surface area contributed by atoms with Crippen LogP contribution in [0.15, 0.2) is 33.9 Å². The first kappa shape index (κ1) is 18.6. The minimum absolute atomic E-state index is 0.0114. The van der Waals surface area contributed by atoms with Crippen molar-refractivity contribution >= 4 is 29.1 Å². The van der Waals surface area contributed by atoms with Crippen LogP contribution in [0.5, 0.6) is 0 Å². The van der Waals surface area contributed by atoms with Crippen LogP contribution in [0.25, 0.3) is 0 Å². The molecular formula is C17H20N4O4S. The number of amides is 1. The molecule has 1 aromatic carbocycles. The first-order valence-corrected chi connectivity index (χ1v) is 9.25. The summed E-state index contributed by atoms with van der Waals surface area (Å²) in [4.78, 5) is 25.4. The van der Waals surface area contributed by atoms with Gasteiger partial charge in [-0.15, -0.1) is 10.2 Å². The number of nitrogens with zero attached hydrogens (tertiary/aromatic N) is 3. The zero-order valence-electron chi connectivity index (χ0n) is 14.4. The van der Waals surface area contributed by atoms with E-state index in [1.54, 1.807) is 24.3 Å². The monoisotopic (exact) mass is 376 g/mol. The first-order valence-electron chi connectivity index (χ1n) is 8.26. The summed E-state index contributed by atoms with van der Waals surface area (Å²) in [6, 6.07) is 6.76. The van der Waals surface area contributed by atoms with Gasteiger partial charge in [0.05, 0.1) is 25.5 Å². The van der Waals surface area contributed by atoms with Gasteiger partial charge in [-0.1, -0.05) is 11.8 Å². The minimum atomic E-state index is -0.182. The second kappa shape index (κ2) is 8.93. The molecule has 0 spiro atoms. The lowest BCUT2D eigenvalue weighted by molar-refractivity contribution is -0.113. The molecule has 1 N–H and O–H groups in total. The normalized spacial score (nSPS) is 15.0. The molecule has 3 rings (SSSR count). The van der Waals surface area contributed by atoms with Gasteiger partial charge in [-0.2, -0.15) is 0 Å². The van der Waals surface area contributed by atoms with Crippen LogP contribution in [0.4, 0.5) is 5.69 Å². The molecule has 0 aliphatic carbocycles. The Kier molecular flexibility index (Phi) is 6.37. The highest BCUT2D eigenvalue weighted by atomic mass is 32.2. The van der Waals surface area contributed by atoms with Gasteiger partial charge < -0.3 is 14.5 Å². The van der Waals surface area contributed by atoms with E-state index in [0.717, 1.165) is 13.1 Å². The number of carbonyl (C=O) groups is 2. The van der Waals surface area contributed by atoms with Gasteiger partial charge in [0.25, 0.3) is 5.22 Å². The summed E-state index contributed by atoms with van der Waals surface area (Å²) < 4.78 is 10.9. The third-order valence-corrected chi connectivity index (χ3v) is 4.63. The van der Waals surface area contributed by atoms with Gasteiger partial charge in [-0.25, -0.2) is 0 Å². The smallest absolute Gasteiger partial charge is 0.277 e. The fourth-order valence-electron chi connectivity index (χ4n) is 2.42. The molecule has 1 amide bonds. The maximum atomic E-state index is 12.0. The molecular weight excluding hydrogens is 356 g/mol. The molecule has 0 atom stereocenters. The van der Waals surface area contributed by atoms with Crippen molar-refractivity contribution in [1.82, 2.24) is 15.1 Å². The fourth-order valence-corrected chi connectivity index (χ4v) is 3.00. The van der Waals surface area contributed by atoms with E-state index in [1.807, 2.05) is 0 Å². The number of ether oxygens (including phenoxy) is 1. The van der Waals surface area contributed by atoms with E-state index >= 15 is 0 Å². The number of thioether (sulfide) groups is 1. The van der Waals surface area contributed by atoms with Gasteiger partial charge in [-0.3, -0.25) is 14.5 Å². The molecule has 1 saturated heterocycles. The molecule has 0 saturated carbocycles. The molecule has 1 aromatic heterocycles. The van der Waals surface area contributed by atoms with E-state index in [1.165, 1.54) is 18.7 Å². The van der Waals surface area contributed by atoms with Crippen LogP contribution in [0.2, 0.25) is 0 Å². The van der Waals surface area contributed by atoms with E-state index in [-0.39, 0.29) is 17.4 Å². The molecule has 0 radical (unpaired) electrons. The predicted molar refractivity (Wildman–Crippen MR) is 96.2 cm³/mol. The lowest BCUT2D eigenvalue weighted by atomic mass is 10.1. The molecule has 1 fully saturated rings. The van der Waals surface area contributed by atoms with Gasteiger partial charge in [0.15, 0.2) is 5.78 Å². The number of nitrogens with one attached hydrogen (secondary N) is 1. The Morgan fingerprint density at radius 1 is 1.19 bits per heavy atom. The number of carbonyl (C=O) groups excluding carboxylic acids is 2. The Labute approximate surface area is 155 Å². The maximum absolute atomic E-state index is 12.0. The Balaban J connectivity index is 1.44. The van der Waals surface area contributed by atoms with Crippen molar-refractivity contribution in [2.24, 2.45) is 0 Å². The molecule has 1 aliphatic heterocycles. The van der Waals surface area contributed by atoms with Gasteiger partial charge in [0.1, 0.15) is 0 Å². The van der Waals surface area contributed by atoms with Crippen LogP contribution in [0, 0.1) is 0 Å². The highest BCUT2D eigenvalue weighted by Gasteiger charge is 2.15. The summed E-state index contributed by atoms with van der Waals surface area (Å²) in [5, 5.41) is 11.1. The first-order chi connectivity index (χ1) is 12.6. The highest BCUT2D eigenvalue weighted by molar-refractivity contribution is 7.99. The quantitative estimate of drug-likeness (QED) is 0.577. The Bertz CT molecular complexity index is 756. The summed E-state index contributed by atoms with van der Waals surface area (Å²) in [6.07, 6.45) is 0. The van der Waals surface area contributed by atoms with E-state index in [9.17, 15) is 9.59 Å². The number of rotatable bonds is 7. The number of benzene rings is 1. The highest BCUT2D eigenvalue weighted by Crippen LogP contribution is 2.18. The largest absolute Gasteiger partial charge is 0.415 e. The summed E-state index contributed by atoms with van der Waals surface area (Å²) >= 11 is 1.19. The molecule has 0 bridgehead atoms. The number of hydrogen-bond acceptors (Lipinski definition) is 8. The zero-order valence-corrected chi connectivity index (χ0v) is 15.3. The van der Waals surface area contributed by atoms with Crippen LogP contribution in [-0.2, 0) is 16.1 Å². The van der Waals surface area contributed by atoms with Gasteiger partial charge in [0, 0.05) is 24.3 Å². The van der Waals surface area contributed by atoms with E-state index in [2.05, 4.69) is 20.4 Å². The summed E-state index contributed by atoms with van der Waals surface area (Å²) in [5.74, 6) is 0.504. The van der Waals surface area contributed by atoms with Crippen LogP contribution in [0.3, 0.4) is 0 Å². The van der Waals surface area contributed by atoms with Crippen molar-refractivity contribution < 1.29 is 18.7 Å². The van der Waals surface area contributed by atoms with Gasteiger partial charge in [0.2, 0.25) is 11.8 Å². The number of morpholine rings is 1. The second-order valence-corrected chi connectivity index (χ2v) is 6.75. The standard InChI is InChI=1S/C17H20N4O4S/c1-12(22)13-2-4-14(5-3-13)18-15(23)11-26-17-20-19-16(25-17)10-21-6-8-24-9-7-21/h2-5H,6-11H2,1H3,(H,18,23). The fraction of sp³-hybridized carbons (Fsp3) is 0.412. The Morgan fingerprint density at radius 3 is 2.62 bits per heavy atom. The van der Waals surface area contributed by atoms with Gasteiger partial charge in [-0.05, 0) is 31.2 Å². The number of aromatic nitrogens is 2. The molecule has 138 valence electrons. The summed E-state index contributed by atoms with van der Waals surface area (Å²) in [6.45, 7) is 5.20. The SMILES string of the molecule is CC(=O)c1ccc(NC(=O)CSc2nnc(CN3CCOCC3)o2)cc1. The molecule has 1 aliphatic rings. The van der Waals surface area contributed by atoms with Crippen molar-refractivity contribution in [3.8, 4) is 0 Å². The van der Waals surface area contributed by atoms with Crippen molar-refractivity contribution in [1.29, 1.82) is 0 Å². The third kappa shape index (κ3) is 5.38. The Hall–Kier alpha value is -2.23. The lowest BCUT2D eigenvalue weighted by Gasteiger charge is -2.24. The number of hydrogen-bond donors (Lipinski definition) is 1. The van der Waals surface area contributed by atoms with E-state index in [4.69, 9.17) is 9.15 Å². The molecule has 2 heterocycles. The van der Waals surface area contributed by atoms with Crippen LogP contribution >= 0.6 is 11.8 Å². The second-order valence-electron chi connectivity index (χ2n) is 5.82. The van der Waals surface area contributed by atoms with Crippen molar-refractivity contribution in [2.45, 2.75) is 18.7 Å². The summed E-state index contributed by atoms with van der Waals surface area (Å²) in [7, 11) is 0. The molecule has 0 unspecified atom stereocenters. The number of Topliss-reactive ketones (excluding diaryl/α,β-unsaturated/α-hetero) is 1. The van der Waals surface area contributed by atoms with E-state index in [0.29, 0.717) is 42.1 Å². The molecule has 2 aromatic rings. The zero-order chi connectivity index (χ0) is 18.4. The van der Waals surface area contributed by atoms with Gasteiger partial charge >= 0.3 is 0 Å². The maximum Gasteiger partial charge on any atom is 0.277 e. The third-order valence-electron chi connectivity index (χ3n) is 3.81. The van der Waals surface area contributed by atoms with Crippen molar-refractivity contribution in [3.63, 3.8) is 0 Å². The molecule has 9 heteroatoms.